The largest absolute Gasteiger partial charge is 0.339 e. The van der Waals surface area contributed by atoms with Crippen LogP contribution in [-0.4, -0.2) is 83.2 Å². The van der Waals surface area contributed by atoms with Crippen LogP contribution in [0.1, 0.15) is 68.2 Å². The van der Waals surface area contributed by atoms with E-state index in [4.69, 9.17) is 4.98 Å². The Morgan fingerprint density at radius 1 is 0.837 bits per heavy atom. The molecule has 256 valence electrons. The number of nitrogens with zero attached hydrogens (tertiary/aromatic N) is 4. The Morgan fingerprint density at radius 2 is 1.47 bits per heavy atom. The van der Waals surface area contributed by atoms with Gasteiger partial charge in [-0.1, -0.05) is 60.7 Å². The van der Waals surface area contributed by atoms with Gasteiger partial charge in [-0.3, -0.25) is 19.3 Å². The highest BCUT2D eigenvalue weighted by Crippen LogP contribution is 2.34. The number of carbonyl (C=O) groups is 3. The van der Waals surface area contributed by atoms with E-state index in [9.17, 15) is 23.2 Å². The molecule has 3 heterocycles. The van der Waals surface area contributed by atoms with Gasteiger partial charge in [-0.15, -0.1) is 11.3 Å². The molecule has 0 aliphatic carbocycles. The summed E-state index contributed by atoms with van der Waals surface area (Å²) in [5.41, 5.74) is 5.26. The van der Waals surface area contributed by atoms with E-state index in [1.54, 1.807) is 23.1 Å². The molecule has 2 fully saturated rings. The van der Waals surface area contributed by atoms with Crippen LogP contribution in [0.5, 0.6) is 0 Å². The Balaban J connectivity index is 1.00. The van der Waals surface area contributed by atoms with E-state index < -0.39 is 5.92 Å². The number of halogens is 2. The topological polar surface area (TPSA) is 85.9 Å². The first kappa shape index (κ1) is 34.4. The lowest BCUT2D eigenvalue weighted by Gasteiger charge is -2.34. The number of aromatic nitrogens is 1. The lowest BCUT2D eigenvalue weighted by Crippen LogP contribution is -2.50. The van der Waals surface area contributed by atoms with Gasteiger partial charge in [0.15, 0.2) is 0 Å². The van der Waals surface area contributed by atoms with Crippen LogP contribution in [0, 0.1) is 13.8 Å². The third-order valence-corrected chi connectivity index (χ3v) is 10.5. The van der Waals surface area contributed by atoms with Crippen molar-refractivity contribution in [2.75, 3.05) is 51.1 Å². The van der Waals surface area contributed by atoms with E-state index in [1.807, 2.05) is 60.5 Å². The molecular weight excluding hydrogens is 645 g/mol. The zero-order valence-electron chi connectivity index (χ0n) is 28.0. The van der Waals surface area contributed by atoms with Gasteiger partial charge in [0.05, 0.1) is 11.6 Å². The smallest absolute Gasteiger partial charge is 0.273 e. The Bertz CT molecular complexity index is 1800. The second kappa shape index (κ2) is 14.6. The van der Waals surface area contributed by atoms with Crippen LogP contribution in [0.25, 0.3) is 11.1 Å². The van der Waals surface area contributed by atoms with Gasteiger partial charge in [0, 0.05) is 74.3 Å². The van der Waals surface area contributed by atoms with E-state index in [1.165, 1.54) is 23.5 Å². The number of piperazine rings is 1. The maximum atomic E-state index is 13.7. The summed E-state index contributed by atoms with van der Waals surface area (Å²) in [5.74, 6) is -3.02. The van der Waals surface area contributed by atoms with Gasteiger partial charge in [-0.05, 0) is 55.0 Å². The second-order valence-electron chi connectivity index (χ2n) is 13.0. The SMILES string of the molecule is Cc1cccc(C)c1NC(=O)CN1CCN(C(=O)c2csc(C3CCN(C(=O)c4ccccc4-c4ccc(C(C)(F)F)cc4)CC3)n2)CC1. The van der Waals surface area contributed by atoms with Crippen molar-refractivity contribution in [2.24, 2.45) is 0 Å². The van der Waals surface area contributed by atoms with Gasteiger partial charge in [0.2, 0.25) is 5.91 Å². The number of hydrogen-bond donors (Lipinski definition) is 1. The van der Waals surface area contributed by atoms with Crippen LogP contribution in [0.4, 0.5) is 14.5 Å². The van der Waals surface area contributed by atoms with Crippen LogP contribution in [0.2, 0.25) is 0 Å². The molecule has 3 amide bonds. The van der Waals surface area contributed by atoms with E-state index in [2.05, 4.69) is 10.2 Å². The summed E-state index contributed by atoms with van der Waals surface area (Å²) in [5, 5.41) is 5.78. The molecule has 1 aromatic heterocycles. The van der Waals surface area contributed by atoms with E-state index in [-0.39, 0.29) is 35.7 Å². The lowest BCUT2D eigenvalue weighted by atomic mass is 9.94. The number of alkyl halides is 2. The number of amides is 3. The zero-order chi connectivity index (χ0) is 34.7. The van der Waals surface area contributed by atoms with Crippen molar-refractivity contribution in [2.45, 2.75) is 45.5 Å². The number of hydrogen-bond acceptors (Lipinski definition) is 6. The van der Waals surface area contributed by atoms with Crippen molar-refractivity contribution in [1.82, 2.24) is 19.7 Å². The van der Waals surface area contributed by atoms with Crippen molar-refractivity contribution in [3.8, 4) is 11.1 Å². The normalized spacial score (nSPS) is 16.1. The number of carbonyl (C=O) groups excluding carboxylic acids is 3. The Kier molecular flexibility index (Phi) is 10.2. The highest BCUT2D eigenvalue weighted by atomic mass is 32.1. The summed E-state index contributed by atoms with van der Waals surface area (Å²) < 4.78 is 27.5. The van der Waals surface area contributed by atoms with Gasteiger partial charge in [0.1, 0.15) is 5.69 Å². The quantitative estimate of drug-likeness (QED) is 0.217. The molecular formula is C38H41F2N5O3S. The van der Waals surface area contributed by atoms with Crippen molar-refractivity contribution >= 4 is 34.7 Å². The molecule has 11 heteroatoms. The number of piperidine rings is 1. The summed E-state index contributed by atoms with van der Waals surface area (Å²) >= 11 is 1.49. The molecule has 0 saturated carbocycles. The third kappa shape index (κ3) is 7.89. The van der Waals surface area contributed by atoms with Crippen LogP contribution in [0.3, 0.4) is 0 Å². The van der Waals surface area contributed by atoms with Crippen molar-refractivity contribution < 1.29 is 23.2 Å². The first-order chi connectivity index (χ1) is 23.5. The van der Waals surface area contributed by atoms with Crippen molar-refractivity contribution in [3.63, 3.8) is 0 Å². The van der Waals surface area contributed by atoms with Gasteiger partial charge >= 0.3 is 0 Å². The predicted molar refractivity (Wildman–Crippen MR) is 188 cm³/mol. The zero-order valence-corrected chi connectivity index (χ0v) is 28.9. The molecule has 0 spiro atoms. The fraction of sp³-hybridized carbons (Fsp3) is 0.368. The predicted octanol–water partition coefficient (Wildman–Crippen LogP) is 6.95. The molecule has 2 saturated heterocycles. The molecule has 8 nitrogen and oxygen atoms in total. The monoisotopic (exact) mass is 685 g/mol. The van der Waals surface area contributed by atoms with E-state index in [0.717, 1.165) is 41.6 Å². The number of rotatable bonds is 8. The maximum Gasteiger partial charge on any atom is 0.273 e. The highest BCUT2D eigenvalue weighted by molar-refractivity contribution is 7.09. The summed E-state index contributed by atoms with van der Waals surface area (Å²) in [6.45, 7) is 8.49. The molecule has 49 heavy (non-hydrogen) atoms. The standard InChI is InChI=1S/C38H41F2N5O3S/c1-25-7-6-8-26(2)34(25)42-33(46)23-43-19-21-45(22-20-43)37(48)32-24-49-35(41-32)28-15-17-44(18-16-28)36(47)31-10-5-4-9-30(31)27-11-13-29(14-12-27)38(3,39)40/h4-14,24,28H,15-23H2,1-3H3,(H,42,46). The number of aryl methyl sites for hydroxylation is 2. The molecule has 0 unspecified atom stereocenters. The van der Waals surface area contributed by atoms with Gasteiger partial charge < -0.3 is 15.1 Å². The lowest BCUT2D eigenvalue weighted by molar-refractivity contribution is -0.117. The second-order valence-corrected chi connectivity index (χ2v) is 13.9. The summed E-state index contributed by atoms with van der Waals surface area (Å²) in [6, 6.07) is 19.3. The fourth-order valence-corrected chi connectivity index (χ4v) is 7.57. The third-order valence-electron chi connectivity index (χ3n) is 9.51. The number of anilines is 1. The van der Waals surface area contributed by atoms with Crippen LogP contribution < -0.4 is 5.32 Å². The molecule has 3 aromatic carbocycles. The Morgan fingerprint density at radius 3 is 2.12 bits per heavy atom. The van der Waals surface area contributed by atoms with Crippen LogP contribution in [-0.2, 0) is 10.7 Å². The number of benzene rings is 3. The molecule has 2 aliphatic heterocycles. The number of nitrogens with one attached hydrogen (secondary N) is 1. The Labute approximate surface area is 289 Å². The Hall–Kier alpha value is -4.48. The van der Waals surface area contributed by atoms with Gasteiger partial charge in [-0.25, -0.2) is 13.8 Å². The van der Waals surface area contributed by atoms with Gasteiger partial charge in [0.25, 0.3) is 17.7 Å². The molecule has 0 radical (unpaired) electrons. The molecule has 1 N–H and O–H groups in total. The molecule has 0 bridgehead atoms. The van der Waals surface area contributed by atoms with E-state index >= 15 is 0 Å². The summed E-state index contributed by atoms with van der Waals surface area (Å²) in [6.07, 6.45) is 1.47. The fourth-order valence-electron chi connectivity index (χ4n) is 6.60. The minimum Gasteiger partial charge on any atom is -0.339 e. The minimum absolute atomic E-state index is 0.0605. The van der Waals surface area contributed by atoms with Crippen molar-refractivity contribution in [1.29, 1.82) is 0 Å². The molecule has 0 atom stereocenters. The maximum absolute atomic E-state index is 13.7. The van der Waals surface area contributed by atoms with E-state index in [0.29, 0.717) is 61.7 Å². The highest BCUT2D eigenvalue weighted by Gasteiger charge is 2.30. The average Bonchev–Trinajstić information content (AvgIpc) is 3.60. The van der Waals surface area contributed by atoms with Crippen LogP contribution in [0.15, 0.2) is 72.1 Å². The molecule has 2 aliphatic rings. The molecule has 6 rings (SSSR count). The van der Waals surface area contributed by atoms with Crippen LogP contribution >= 0.6 is 11.3 Å². The summed E-state index contributed by atoms with van der Waals surface area (Å²) in [4.78, 5) is 50.2. The first-order valence-corrected chi connectivity index (χ1v) is 17.6. The average molecular weight is 686 g/mol. The number of thiazole rings is 1. The molecule has 4 aromatic rings. The number of para-hydroxylation sites is 1. The van der Waals surface area contributed by atoms with Gasteiger partial charge in [-0.2, -0.15) is 0 Å². The minimum atomic E-state index is -2.93. The summed E-state index contributed by atoms with van der Waals surface area (Å²) in [7, 11) is 0. The van der Waals surface area contributed by atoms with Crippen molar-refractivity contribution in [3.05, 3.63) is 105 Å². The number of likely N-dealkylation sites (tertiary alicyclic amines) is 1. The first-order valence-electron chi connectivity index (χ1n) is 16.7.